The second-order valence-corrected chi connectivity index (χ2v) is 9.67. The zero-order valence-corrected chi connectivity index (χ0v) is 16.7. The van der Waals surface area contributed by atoms with E-state index < -0.39 is 0 Å². The van der Waals surface area contributed by atoms with Gasteiger partial charge in [-0.15, -0.1) is 5.10 Å². The van der Waals surface area contributed by atoms with E-state index in [1.165, 1.54) is 41.4 Å². The number of amides is 1. The SMILES string of the molecule is CC1(C)CCN2CCC(C)(C)c3cc(C=NN=C4NC(=O)CS4)cc1c32. The highest BCUT2D eigenvalue weighted by Gasteiger charge is 2.39. The van der Waals surface area contributed by atoms with Gasteiger partial charge in [0.25, 0.3) is 0 Å². The zero-order chi connectivity index (χ0) is 18.5. The fraction of sp³-hybridized carbons (Fsp3) is 0.550. The smallest absolute Gasteiger partial charge is 0.236 e. The third-order valence-corrected chi connectivity index (χ3v) is 6.73. The van der Waals surface area contributed by atoms with E-state index in [-0.39, 0.29) is 16.7 Å². The van der Waals surface area contributed by atoms with Crippen molar-refractivity contribution in [2.75, 3.05) is 23.7 Å². The van der Waals surface area contributed by atoms with Crippen LogP contribution in [-0.4, -0.2) is 36.1 Å². The molecule has 1 aromatic rings. The molecular formula is C20H26N4OS. The highest BCUT2D eigenvalue weighted by molar-refractivity contribution is 8.15. The van der Waals surface area contributed by atoms with Gasteiger partial charge < -0.3 is 10.2 Å². The van der Waals surface area contributed by atoms with Crippen LogP contribution in [0.15, 0.2) is 22.3 Å². The van der Waals surface area contributed by atoms with E-state index in [4.69, 9.17) is 0 Å². The molecule has 5 nitrogen and oxygen atoms in total. The number of nitrogens with zero attached hydrogens (tertiary/aromatic N) is 3. The zero-order valence-electron chi connectivity index (χ0n) is 15.9. The molecule has 138 valence electrons. The summed E-state index contributed by atoms with van der Waals surface area (Å²) in [6.07, 6.45) is 4.16. The average Bonchev–Trinajstić information content (AvgIpc) is 2.98. The van der Waals surface area contributed by atoms with Crippen molar-refractivity contribution < 1.29 is 4.79 Å². The van der Waals surface area contributed by atoms with Crippen LogP contribution in [0.3, 0.4) is 0 Å². The van der Waals surface area contributed by atoms with E-state index in [1.54, 1.807) is 0 Å². The van der Waals surface area contributed by atoms with Crippen LogP contribution in [0.5, 0.6) is 0 Å². The number of hydrogen-bond acceptors (Lipinski definition) is 5. The molecule has 0 unspecified atom stereocenters. The number of rotatable bonds is 2. The molecule has 3 aliphatic rings. The van der Waals surface area contributed by atoms with Crippen LogP contribution in [0.25, 0.3) is 0 Å². The second-order valence-electron chi connectivity index (χ2n) is 8.71. The summed E-state index contributed by atoms with van der Waals surface area (Å²) < 4.78 is 0. The van der Waals surface area contributed by atoms with E-state index in [0.29, 0.717) is 10.9 Å². The third kappa shape index (κ3) is 3.04. The minimum Gasteiger partial charge on any atom is -0.371 e. The van der Waals surface area contributed by atoms with Crippen molar-refractivity contribution >= 4 is 34.7 Å². The van der Waals surface area contributed by atoms with Crippen molar-refractivity contribution in [3.63, 3.8) is 0 Å². The highest BCUT2D eigenvalue weighted by Crippen LogP contribution is 2.49. The minimum atomic E-state index is -0.00857. The van der Waals surface area contributed by atoms with E-state index in [2.05, 4.69) is 60.2 Å². The lowest BCUT2D eigenvalue weighted by Crippen LogP contribution is -2.44. The first-order valence-electron chi connectivity index (χ1n) is 9.24. The molecule has 0 spiro atoms. The van der Waals surface area contributed by atoms with Crippen LogP contribution < -0.4 is 10.2 Å². The number of thioether (sulfide) groups is 1. The summed E-state index contributed by atoms with van der Waals surface area (Å²) in [5.41, 5.74) is 5.71. The Balaban J connectivity index is 1.75. The van der Waals surface area contributed by atoms with Gasteiger partial charge in [-0.2, -0.15) is 5.10 Å². The predicted octanol–water partition coefficient (Wildman–Crippen LogP) is 3.41. The standard InChI is InChI=1S/C20H26N4OS/c1-19(2)5-7-24-8-6-20(3,4)15-10-13(9-14(19)17(15)24)11-21-23-18-22-16(25)12-26-18/h9-11H,5-8,12H2,1-4H3,(H,22,23,25). The maximum absolute atomic E-state index is 11.2. The Morgan fingerprint density at radius 3 is 2.27 bits per heavy atom. The maximum Gasteiger partial charge on any atom is 0.236 e. The van der Waals surface area contributed by atoms with Crippen LogP contribution in [-0.2, 0) is 15.6 Å². The van der Waals surface area contributed by atoms with Gasteiger partial charge in [0.1, 0.15) is 0 Å². The lowest BCUT2D eigenvalue weighted by atomic mass is 9.69. The van der Waals surface area contributed by atoms with E-state index in [9.17, 15) is 4.79 Å². The average molecular weight is 371 g/mol. The van der Waals surface area contributed by atoms with Crippen LogP contribution >= 0.6 is 11.8 Å². The Kier molecular flexibility index (Phi) is 4.14. The molecule has 4 rings (SSSR count). The van der Waals surface area contributed by atoms with Crippen LogP contribution in [0.4, 0.5) is 5.69 Å². The molecule has 0 saturated carbocycles. The molecule has 0 bridgehead atoms. The lowest BCUT2D eigenvalue weighted by molar-refractivity contribution is -0.116. The molecule has 3 heterocycles. The van der Waals surface area contributed by atoms with Gasteiger partial charge in [-0.25, -0.2) is 0 Å². The van der Waals surface area contributed by atoms with Gasteiger partial charge in [0.05, 0.1) is 12.0 Å². The van der Waals surface area contributed by atoms with Gasteiger partial charge in [0, 0.05) is 18.8 Å². The van der Waals surface area contributed by atoms with Crippen LogP contribution in [0.2, 0.25) is 0 Å². The van der Waals surface area contributed by atoms with Crippen LogP contribution in [0, 0.1) is 0 Å². The molecule has 26 heavy (non-hydrogen) atoms. The van der Waals surface area contributed by atoms with Crippen molar-refractivity contribution in [1.29, 1.82) is 0 Å². The maximum atomic E-state index is 11.2. The van der Waals surface area contributed by atoms with E-state index in [1.807, 2.05) is 6.21 Å². The molecule has 6 heteroatoms. The van der Waals surface area contributed by atoms with Gasteiger partial charge in [-0.05, 0) is 52.5 Å². The van der Waals surface area contributed by atoms with Crippen molar-refractivity contribution in [2.45, 2.75) is 51.4 Å². The van der Waals surface area contributed by atoms with Gasteiger partial charge in [0.15, 0.2) is 5.17 Å². The minimum absolute atomic E-state index is 0.00857. The summed E-state index contributed by atoms with van der Waals surface area (Å²) in [6, 6.07) is 4.55. The molecule has 1 saturated heterocycles. The Hall–Kier alpha value is -1.82. The molecule has 0 aliphatic carbocycles. The number of carbonyl (C=O) groups excluding carboxylic acids is 1. The number of amidine groups is 1. The first-order valence-corrected chi connectivity index (χ1v) is 10.2. The second kappa shape index (κ2) is 6.12. The fourth-order valence-electron chi connectivity index (χ4n) is 4.06. The third-order valence-electron chi connectivity index (χ3n) is 5.86. The normalized spacial score (nSPS) is 24.8. The van der Waals surface area contributed by atoms with Gasteiger partial charge in [-0.1, -0.05) is 39.5 Å². The molecule has 1 aromatic carbocycles. The Morgan fingerprint density at radius 1 is 1.12 bits per heavy atom. The number of nitrogens with one attached hydrogen (secondary N) is 1. The van der Waals surface area contributed by atoms with Gasteiger partial charge >= 0.3 is 0 Å². The Labute approximate surface area is 159 Å². The monoisotopic (exact) mass is 370 g/mol. The van der Waals surface area contributed by atoms with E-state index >= 15 is 0 Å². The van der Waals surface area contributed by atoms with Crippen molar-refractivity contribution in [3.8, 4) is 0 Å². The number of benzene rings is 1. The molecule has 0 atom stereocenters. The quantitative estimate of drug-likeness (QED) is 0.641. The number of hydrogen-bond donors (Lipinski definition) is 1. The topological polar surface area (TPSA) is 57.1 Å². The lowest BCUT2D eigenvalue weighted by Gasteiger charge is -2.48. The summed E-state index contributed by atoms with van der Waals surface area (Å²) in [5, 5.41) is 11.7. The van der Waals surface area contributed by atoms with E-state index in [0.717, 1.165) is 18.7 Å². The van der Waals surface area contributed by atoms with Gasteiger partial charge in [-0.3, -0.25) is 4.79 Å². The number of anilines is 1. The molecule has 1 fully saturated rings. The van der Waals surface area contributed by atoms with Gasteiger partial charge in [0.2, 0.25) is 5.91 Å². The van der Waals surface area contributed by atoms with Crippen LogP contribution in [0.1, 0.15) is 57.2 Å². The predicted molar refractivity (Wildman–Crippen MR) is 110 cm³/mol. The molecule has 3 aliphatic heterocycles. The highest BCUT2D eigenvalue weighted by atomic mass is 32.2. The largest absolute Gasteiger partial charge is 0.371 e. The number of carbonyl (C=O) groups is 1. The first-order chi connectivity index (χ1) is 12.3. The Bertz CT molecular complexity index is 784. The summed E-state index contributed by atoms with van der Waals surface area (Å²) in [4.78, 5) is 13.8. The fourth-order valence-corrected chi connectivity index (χ4v) is 4.70. The van der Waals surface area contributed by atoms with Crippen molar-refractivity contribution in [2.24, 2.45) is 10.2 Å². The summed E-state index contributed by atoms with van der Waals surface area (Å²) in [7, 11) is 0. The van der Waals surface area contributed by atoms with Crippen molar-refractivity contribution in [3.05, 3.63) is 28.8 Å². The summed E-state index contributed by atoms with van der Waals surface area (Å²) >= 11 is 1.39. The Morgan fingerprint density at radius 2 is 1.73 bits per heavy atom. The summed E-state index contributed by atoms with van der Waals surface area (Å²) in [5.74, 6) is 0.418. The molecule has 0 radical (unpaired) electrons. The molecule has 1 amide bonds. The van der Waals surface area contributed by atoms with Crippen molar-refractivity contribution in [1.82, 2.24) is 5.32 Å². The summed E-state index contributed by atoms with van der Waals surface area (Å²) in [6.45, 7) is 11.6. The first kappa shape index (κ1) is 17.6. The molecular weight excluding hydrogens is 344 g/mol. The molecule has 1 N–H and O–H groups in total. The molecule has 0 aromatic heterocycles.